The van der Waals surface area contributed by atoms with Crippen LogP contribution < -0.4 is 0 Å². The lowest BCUT2D eigenvalue weighted by Gasteiger charge is -2.60. The fraction of sp³-hybridized carbons (Fsp3) is 1.00. The zero-order valence-corrected chi connectivity index (χ0v) is 12.0. The summed E-state index contributed by atoms with van der Waals surface area (Å²) < 4.78 is 6.13. The van der Waals surface area contributed by atoms with Gasteiger partial charge in [0.05, 0.1) is 5.60 Å². The van der Waals surface area contributed by atoms with E-state index in [1.807, 2.05) is 0 Å². The molecule has 0 amide bonds. The van der Waals surface area contributed by atoms with Crippen LogP contribution in [0.2, 0.25) is 0 Å². The number of hydrogen-bond donors (Lipinski definition) is 0. The van der Waals surface area contributed by atoms with Gasteiger partial charge in [-0.05, 0) is 61.7 Å². The maximum atomic E-state index is 6.13. The summed E-state index contributed by atoms with van der Waals surface area (Å²) in [5.41, 5.74) is 1.31. The topological polar surface area (TPSA) is 9.23 Å². The number of hydrogen-bond acceptors (Lipinski definition) is 1. The van der Waals surface area contributed by atoms with Crippen LogP contribution in [0.15, 0.2) is 0 Å². The van der Waals surface area contributed by atoms with Crippen LogP contribution in [-0.2, 0) is 4.74 Å². The third-order valence-corrected chi connectivity index (χ3v) is 6.58. The van der Waals surface area contributed by atoms with Crippen molar-refractivity contribution in [2.75, 3.05) is 6.61 Å². The molecule has 0 spiro atoms. The van der Waals surface area contributed by atoms with Crippen LogP contribution in [0.3, 0.4) is 0 Å². The van der Waals surface area contributed by atoms with E-state index in [2.05, 4.69) is 27.7 Å². The predicted octanol–water partition coefficient (Wildman–Crippen LogP) is 4.41. The molecule has 1 heterocycles. The lowest BCUT2D eigenvalue weighted by molar-refractivity contribution is -0.147. The highest BCUT2D eigenvalue weighted by atomic mass is 16.5. The van der Waals surface area contributed by atoms with Crippen LogP contribution in [0, 0.1) is 22.7 Å². The lowest BCUT2D eigenvalue weighted by atomic mass is 9.46. The van der Waals surface area contributed by atoms with Crippen LogP contribution in [-0.4, -0.2) is 12.2 Å². The molecule has 0 aromatic rings. The predicted molar refractivity (Wildman–Crippen MR) is 70.9 cm³/mol. The maximum absolute atomic E-state index is 6.13. The second-order valence-corrected chi connectivity index (χ2v) is 7.94. The lowest BCUT2D eigenvalue weighted by Crippen LogP contribution is -2.55. The highest BCUT2D eigenvalue weighted by Gasteiger charge is 2.60. The van der Waals surface area contributed by atoms with Crippen molar-refractivity contribution < 1.29 is 4.74 Å². The van der Waals surface area contributed by atoms with Crippen molar-refractivity contribution in [3.63, 3.8) is 0 Å². The fourth-order valence-corrected chi connectivity index (χ4v) is 5.82. The Kier molecular flexibility index (Phi) is 2.47. The molecule has 1 saturated heterocycles. The molecule has 0 aromatic carbocycles. The quantitative estimate of drug-likeness (QED) is 0.605. The molecule has 0 unspecified atom stereocenters. The first-order chi connectivity index (χ1) is 7.89. The first-order valence-electron chi connectivity index (χ1n) is 7.52. The van der Waals surface area contributed by atoms with Gasteiger partial charge >= 0.3 is 0 Å². The summed E-state index contributed by atoms with van der Waals surface area (Å²) in [4.78, 5) is 0. The van der Waals surface area contributed by atoms with Crippen LogP contribution in [0.5, 0.6) is 0 Å². The van der Waals surface area contributed by atoms with E-state index in [0.717, 1.165) is 18.4 Å². The molecule has 2 saturated carbocycles. The molecule has 0 radical (unpaired) electrons. The highest BCUT2D eigenvalue weighted by Crippen LogP contribution is 2.64. The van der Waals surface area contributed by atoms with Crippen LogP contribution >= 0.6 is 0 Å². The zero-order chi connectivity index (χ0) is 12.3. The van der Waals surface area contributed by atoms with Gasteiger partial charge in [0.2, 0.25) is 0 Å². The van der Waals surface area contributed by atoms with Crippen molar-refractivity contribution in [3.8, 4) is 0 Å². The van der Waals surface area contributed by atoms with E-state index < -0.39 is 0 Å². The molecule has 1 heteroatoms. The third-order valence-electron chi connectivity index (χ3n) is 6.58. The smallest absolute Gasteiger partial charge is 0.0688 e. The molecule has 4 atom stereocenters. The van der Waals surface area contributed by atoms with Gasteiger partial charge in [-0.1, -0.05) is 27.2 Å². The summed E-state index contributed by atoms with van der Waals surface area (Å²) in [6.07, 6.45) is 8.27. The standard InChI is InChI=1S/C16H28O/c1-14(2)8-5-9-15(3)12(14)6-10-16(4)13(15)7-11-17-16/h12-13H,5-11H2,1-4H3/t12-,13+,15-,16-/m0/s1. The van der Waals surface area contributed by atoms with Gasteiger partial charge in [0, 0.05) is 6.61 Å². The Morgan fingerprint density at radius 3 is 2.41 bits per heavy atom. The SMILES string of the molecule is CC1(C)CCC[C@]2(C)[C@H]3CCO[C@@]3(C)CC[C@@H]12. The summed E-state index contributed by atoms with van der Waals surface area (Å²) in [7, 11) is 0. The van der Waals surface area contributed by atoms with E-state index in [1.165, 1.54) is 38.5 Å². The molecule has 3 aliphatic rings. The summed E-state index contributed by atoms with van der Waals surface area (Å²) in [6, 6.07) is 0. The second kappa shape index (κ2) is 3.50. The fourth-order valence-electron chi connectivity index (χ4n) is 5.82. The Labute approximate surface area is 106 Å². The Morgan fingerprint density at radius 2 is 1.65 bits per heavy atom. The summed E-state index contributed by atoms with van der Waals surface area (Å²) in [5.74, 6) is 1.73. The van der Waals surface area contributed by atoms with Crippen molar-refractivity contribution in [3.05, 3.63) is 0 Å². The third kappa shape index (κ3) is 1.54. The van der Waals surface area contributed by atoms with Crippen molar-refractivity contribution in [2.45, 2.75) is 71.8 Å². The Balaban J connectivity index is 1.98. The molecule has 0 N–H and O–H groups in total. The zero-order valence-electron chi connectivity index (χ0n) is 12.0. The van der Waals surface area contributed by atoms with E-state index in [-0.39, 0.29) is 5.60 Å². The van der Waals surface area contributed by atoms with Gasteiger partial charge in [-0.3, -0.25) is 0 Å². The van der Waals surface area contributed by atoms with Gasteiger partial charge in [0.15, 0.2) is 0 Å². The van der Waals surface area contributed by atoms with E-state index >= 15 is 0 Å². The van der Waals surface area contributed by atoms with Crippen molar-refractivity contribution in [1.29, 1.82) is 0 Å². The first kappa shape index (κ1) is 12.0. The molecule has 1 nitrogen and oxygen atoms in total. The highest BCUT2D eigenvalue weighted by molar-refractivity contribution is 5.09. The molecular formula is C16H28O. The van der Waals surface area contributed by atoms with Gasteiger partial charge in [-0.2, -0.15) is 0 Å². The summed E-state index contributed by atoms with van der Waals surface area (Å²) >= 11 is 0. The van der Waals surface area contributed by atoms with Gasteiger partial charge in [-0.15, -0.1) is 0 Å². The summed E-state index contributed by atoms with van der Waals surface area (Å²) in [6.45, 7) is 11.0. The minimum Gasteiger partial charge on any atom is -0.375 e. The van der Waals surface area contributed by atoms with Gasteiger partial charge in [-0.25, -0.2) is 0 Å². The van der Waals surface area contributed by atoms with Crippen molar-refractivity contribution in [1.82, 2.24) is 0 Å². The number of rotatable bonds is 0. The Bertz CT molecular complexity index is 317. The van der Waals surface area contributed by atoms with Crippen LogP contribution in [0.1, 0.15) is 66.2 Å². The Morgan fingerprint density at radius 1 is 0.882 bits per heavy atom. The average molecular weight is 236 g/mol. The number of fused-ring (bicyclic) bond motifs is 3. The molecule has 1 aliphatic heterocycles. The van der Waals surface area contributed by atoms with Gasteiger partial charge < -0.3 is 4.74 Å². The van der Waals surface area contributed by atoms with Crippen LogP contribution in [0.4, 0.5) is 0 Å². The Hall–Kier alpha value is -0.0400. The normalized spacial score (nSPS) is 52.9. The molecule has 98 valence electrons. The van der Waals surface area contributed by atoms with Crippen LogP contribution in [0.25, 0.3) is 0 Å². The molecule has 17 heavy (non-hydrogen) atoms. The van der Waals surface area contributed by atoms with E-state index in [1.54, 1.807) is 0 Å². The van der Waals surface area contributed by atoms with Crippen molar-refractivity contribution in [2.24, 2.45) is 22.7 Å². The summed E-state index contributed by atoms with van der Waals surface area (Å²) in [5, 5.41) is 0. The maximum Gasteiger partial charge on any atom is 0.0688 e. The molecule has 0 bridgehead atoms. The minimum atomic E-state index is 0.207. The minimum absolute atomic E-state index is 0.207. The van der Waals surface area contributed by atoms with E-state index in [4.69, 9.17) is 4.74 Å². The molecule has 3 fully saturated rings. The number of ether oxygens (including phenoxy) is 1. The molecule has 2 aliphatic carbocycles. The monoisotopic (exact) mass is 236 g/mol. The molecule has 3 rings (SSSR count). The van der Waals surface area contributed by atoms with Gasteiger partial charge in [0.1, 0.15) is 0 Å². The first-order valence-corrected chi connectivity index (χ1v) is 7.52. The van der Waals surface area contributed by atoms with Crippen molar-refractivity contribution >= 4 is 0 Å². The average Bonchev–Trinajstić information content (AvgIpc) is 2.60. The van der Waals surface area contributed by atoms with Gasteiger partial charge in [0.25, 0.3) is 0 Å². The second-order valence-electron chi connectivity index (χ2n) is 7.94. The van der Waals surface area contributed by atoms with E-state index in [0.29, 0.717) is 10.8 Å². The molecular weight excluding hydrogens is 208 g/mol. The molecule has 0 aromatic heterocycles. The van der Waals surface area contributed by atoms with E-state index in [9.17, 15) is 0 Å². The largest absolute Gasteiger partial charge is 0.375 e.